The maximum Gasteiger partial charge on any atom is 0.416 e. The van der Waals surface area contributed by atoms with E-state index in [2.05, 4.69) is 5.32 Å². The molecule has 1 aliphatic heterocycles. The Bertz CT molecular complexity index is 802. The van der Waals surface area contributed by atoms with Gasteiger partial charge in [-0.2, -0.15) is 26.3 Å². The second kappa shape index (κ2) is 8.29. The standard InChI is InChI=1S/C19H16F7NO2/c20-15-3-1-12(2-4-15)16-17(28-6-5-27-16)29-10-11-7-13(18(21,22)23)9-14(8-11)19(24,25)26/h1-4,7-9,16-17,27H,5-6,10H2/t16-,17-/m0/s1. The minimum Gasteiger partial charge on any atom is -0.349 e. The Morgan fingerprint density at radius 1 is 0.931 bits per heavy atom. The van der Waals surface area contributed by atoms with Crippen LogP contribution >= 0.6 is 0 Å². The molecule has 0 spiro atoms. The molecule has 1 N–H and O–H groups in total. The van der Waals surface area contributed by atoms with Crippen molar-refractivity contribution in [3.8, 4) is 0 Å². The predicted molar refractivity (Wildman–Crippen MR) is 88.1 cm³/mol. The van der Waals surface area contributed by atoms with Gasteiger partial charge in [-0.05, 0) is 41.5 Å². The first-order chi connectivity index (χ1) is 13.5. The van der Waals surface area contributed by atoms with Crippen molar-refractivity contribution < 1.29 is 40.2 Å². The summed E-state index contributed by atoms with van der Waals surface area (Å²) in [5.41, 5.74) is -2.51. The van der Waals surface area contributed by atoms with E-state index in [4.69, 9.17) is 9.47 Å². The lowest BCUT2D eigenvalue weighted by Crippen LogP contribution is -2.43. The second-order valence-corrected chi connectivity index (χ2v) is 6.45. The zero-order valence-electron chi connectivity index (χ0n) is 14.8. The first kappa shape index (κ1) is 21.5. The Kier molecular flexibility index (Phi) is 6.16. The molecule has 1 aliphatic rings. The molecule has 0 aliphatic carbocycles. The van der Waals surface area contributed by atoms with Gasteiger partial charge in [-0.15, -0.1) is 0 Å². The van der Waals surface area contributed by atoms with E-state index in [0.29, 0.717) is 24.2 Å². The van der Waals surface area contributed by atoms with Crippen LogP contribution in [0.5, 0.6) is 0 Å². The number of hydrogen-bond acceptors (Lipinski definition) is 3. The zero-order valence-corrected chi connectivity index (χ0v) is 14.8. The monoisotopic (exact) mass is 423 g/mol. The average Bonchev–Trinajstić information content (AvgIpc) is 2.66. The Hall–Kier alpha value is -2.17. The van der Waals surface area contributed by atoms with Crippen molar-refractivity contribution in [2.75, 3.05) is 13.2 Å². The molecule has 2 aromatic carbocycles. The highest BCUT2D eigenvalue weighted by atomic mass is 19.4. The molecule has 0 aromatic heterocycles. The molecule has 1 heterocycles. The summed E-state index contributed by atoms with van der Waals surface area (Å²) in [6.45, 7) is 0.152. The minimum absolute atomic E-state index is 0.0590. The van der Waals surface area contributed by atoms with Gasteiger partial charge in [-0.25, -0.2) is 4.39 Å². The van der Waals surface area contributed by atoms with Crippen LogP contribution in [-0.2, 0) is 28.4 Å². The van der Waals surface area contributed by atoms with E-state index < -0.39 is 48.2 Å². The van der Waals surface area contributed by atoms with Crippen LogP contribution in [0.2, 0.25) is 0 Å². The van der Waals surface area contributed by atoms with Gasteiger partial charge in [0.05, 0.1) is 30.4 Å². The zero-order chi connectivity index (χ0) is 21.2. The Morgan fingerprint density at radius 3 is 2.07 bits per heavy atom. The molecule has 10 heteroatoms. The summed E-state index contributed by atoms with van der Waals surface area (Å²) >= 11 is 0. The molecule has 3 nitrogen and oxygen atoms in total. The summed E-state index contributed by atoms with van der Waals surface area (Å²) in [6.07, 6.45) is -10.8. The lowest BCUT2D eigenvalue weighted by atomic mass is 10.0. The molecule has 0 amide bonds. The molecule has 29 heavy (non-hydrogen) atoms. The van der Waals surface area contributed by atoms with Crippen LogP contribution in [0.15, 0.2) is 42.5 Å². The topological polar surface area (TPSA) is 30.5 Å². The normalized spacial score (nSPS) is 20.7. The van der Waals surface area contributed by atoms with Crippen LogP contribution in [0.1, 0.15) is 28.3 Å². The highest BCUT2D eigenvalue weighted by Crippen LogP contribution is 2.36. The van der Waals surface area contributed by atoms with Crippen LogP contribution in [0.4, 0.5) is 30.7 Å². The molecule has 0 radical (unpaired) electrons. The fourth-order valence-corrected chi connectivity index (χ4v) is 2.95. The minimum atomic E-state index is -4.93. The van der Waals surface area contributed by atoms with E-state index in [1.807, 2.05) is 0 Å². The van der Waals surface area contributed by atoms with Gasteiger partial charge in [-0.3, -0.25) is 0 Å². The van der Waals surface area contributed by atoms with E-state index in [1.54, 1.807) is 0 Å². The molecule has 0 unspecified atom stereocenters. The molecular weight excluding hydrogens is 407 g/mol. The summed E-state index contributed by atoms with van der Waals surface area (Å²) in [4.78, 5) is 0. The van der Waals surface area contributed by atoms with Gasteiger partial charge < -0.3 is 14.8 Å². The van der Waals surface area contributed by atoms with Crippen LogP contribution < -0.4 is 5.32 Å². The SMILES string of the molecule is Fc1ccc([C@@H]2NCCO[C@H]2OCc2cc(C(F)(F)F)cc(C(F)(F)F)c2)cc1. The van der Waals surface area contributed by atoms with E-state index in [1.165, 1.54) is 24.3 Å². The third-order valence-electron chi connectivity index (χ3n) is 4.31. The number of nitrogens with one attached hydrogen (secondary N) is 1. The quantitative estimate of drug-likeness (QED) is 0.697. The summed E-state index contributed by atoms with van der Waals surface area (Å²) in [5.74, 6) is -0.452. The molecule has 2 aromatic rings. The highest BCUT2D eigenvalue weighted by molar-refractivity contribution is 5.33. The lowest BCUT2D eigenvalue weighted by molar-refractivity contribution is -0.184. The number of hydrogen-bond donors (Lipinski definition) is 1. The van der Waals surface area contributed by atoms with Crippen molar-refractivity contribution in [1.82, 2.24) is 5.32 Å². The lowest BCUT2D eigenvalue weighted by Gasteiger charge is -2.33. The fourth-order valence-electron chi connectivity index (χ4n) is 2.95. The predicted octanol–water partition coefficient (Wildman–Crippen LogP) is 5.07. The number of ether oxygens (including phenoxy) is 2. The third kappa shape index (κ3) is 5.46. The summed E-state index contributed by atoms with van der Waals surface area (Å²) < 4.78 is 102. The molecule has 3 rings (SSSR count). The smallest absolute Gasteiger partial charge is 0.349 e. The molecule has 0 bridgehead atoms. The Balaban J connectivity index is 1.80. The van der Waals surface area contributed by atoms with Crippen molar-refractivity contribution in [2.45, 2.75) is 31.3 Å². The number of halogens is 7. The van der Waals surface area contributed by atoms with Crippen LogP contribution in [0.25, 0.3) is 0 Å². The molecule has 1 saturated heterocycles. The highest BCUT2D eigenvalue weighted by Gasteiger charge is 2.37. The van der Waals surface area contributed by atoms with Crippen molar-refractivity contribution in [2.24, 2.45) is 0 Å². The van der Waals surface area contributed by atoms with E-state index in [9.17, 15) is 30.7 Å². The van der Waals surface area contributed by atoms with Gasteiger partial charge in [0.15, 0.2) is 6.29 Å². The van der Waals surface area contributed by atoms with Crippen molar-refractivity contribution in [1.29, 1.82) is 0 Å². The maximum atomic E-state index is 13.1. The average molecular weight is 423 g/mol. The van der Waals surface area contributed by atoms with Gasteiger partial charge in [0.1, 0.15) is 5.82 Å². The van der Waals surface area contributed by atoms with Crippen molar-refractivity contribution in [3.05, 3.63) is 70.5 Å². The van der Waals surface area contributed by atoms with Gasteiger partial charge in [0, 0.05) is 6.54 Å². The molecule has 0 saturated carbocycles. The number of morpholine rings is 1. The first-order valence-corrected chi connectivity index (χ1v) is 8.54. The van der Waals surface area contributed by atoms with Crippen LogP contribution in [-0.4, -0.2) is 19.4 Å². The van der Waals surface area contributed by atoms with Crippen molar-refractivity contribution in [3.63, 3.8) is 0 Å². The van der Waals surface area contributed by atoms with E-state index in [-0.39, 0.29) is 18.2 Å². The Labute approximate surface area is 161 Å². The molecule has 158 valence electrons. The molecular formula is C19H16F7NO2. The summed E-state index contributed by atoms with van der Waals surface area (Å²) in [7, 11) is 0. The van der Waals surface area contributed by atoms with E-state index >= 15 is 0 Å². The number of benzene rings is 2. The second-order valence-electron chi connectivity index (χ2n) is 6.45. The van der Waals surface area contributed by atoms with Crippen molar-refractivity contribution >= 4 is 0 Å². The van der Waals surface area contributed by atoms with Gasteiger partial charge in [-0.1, -0.05) is 12.1 Å². The molecule has 2 atom stereocenters. The van der Waals surface area contributed by atoms with Gasteiger partial charge in [0.2, 0.25) is 0 Å². The fraction of sp³-hybridized carbons (Fsp3) is 0.368. The Morgan fingerprint density at radius 2 is 1.52 bits per heavy atom. The molecule has 1 fully saturated rings. The summed E-state index contributed by atoms with van der Waals surface area (Å²) in [6, 6.07) is 6.15. The largest absolute Gasteiger partial charge is 0.416 e. The maximum absolute atomic E-state index is 13.1. The van der Waals surface area contributed by atoms with Crippen LogP contribution in [0.3, 0.4) is 0 Å². The van der Waals surface area contributed by atoms with E-state index in [0.717, 1.165) is 0 Å². The number of alkyl halides is 6. The van der Waals surface area contributed by atoms with Gasteiger partial charge in [0.25, 0.3) is 0 Å². The van der Waals surface area contributed by atoms with Gasteiger partial charge >= 0.3 is 12.4 Å². The summed E-state index contributed by atoms with van der Waals surface area (Å²) in [5, 5.41) is 3.08. The first-order valence-electron chi connectivity index (χ1n) is 8.54. The third-order valence-corrected chi connectivity index (χ3v) is 4.31. The van der Waals surface area contributed by atoms with Crippen LogP contribution in [0, 0.1) is 5.82 Å². The number of rotatable bonds is 4.